The third-order valence-electron chi connectivity index (χ3n) is 2.48. The fraction of sp³-hybridized carbons (Fsp3) is 0.231. The van der Waals surface area contributed by atoms with Gasteiger partial charge in [-0.1, -0.05) is 0 Å². The number of phenols is 2. The molecule has 0 spiro atoms. The number of carbonyl (C=O) groups is 1. The van der Waals surface area contributed by atoms with Crippen molar-refractivity contribution >= 4 is 17.4 Å². The second-order valence-corrected chi connectivity index (χ2v) is 4.85. The first-order valence-corrected chi connectivity index (χ1v) is 6.85. The number of amides is 1. The van der Waals surface area contributed by atoms with Gasteiger partial charge in [0.2, 0.25) is 0 Å². The number of hydrogen-bond donors (Lipinski definition) is 3. The van der Waals surface area contributed by atoms with Crippen LogP contribution in [0.4, 0.5) is 4.79 Å². The summed E-state index contributed by atoms with van der Waals surface area (Å²) in [5.74, 6) is -0.366. The van der Waals surface area contributed by atoms with Crippen LogP contribution in [0.5, 0.6) is 11.5 Å². The second kappa shape index (κ2) is 6.25. The summed E-state index contributed by atoms with van der Waals surface area (Å²) in [5, 5.41) is 23.8. The average molecular weight is 294 g/mol. The van der Waals surface area contributed by atoms with E-state index in [2.05, 4.69) is 10.3 Å². The van der Waals surface area contributed by atoms with Gasteiger partial charge < -0.3 is 20.3 Å². The lowest BCUT2D eigenvalue weighted by Gasteiger charge is -2.02. The van der Waals surface area contributed by atoms with Crippen LogP contribution < -0.4 is 5.32 Å². The van der Waals surface area contributed by atoms with Gasteiger partial charge in [0.05, 0.1) is 18.8 Å². The summed E-state index contributed by atoms with van der Waals surface area (Å²) < 4.78 is 4.75. The molecule has 0 saturated heterocycles. The Labute approximate surface area is 119 Å². The normalized spacial score (nSPS) is 10.2. The van der Waals surface area contributed by atoms with Crippen LogP contribution in [0.3, 0.4) is 0 Å². The van der Waals surface area contributed by atoms with E-state index >= 15 is 0 Å². The molecule has 3 N–H and O–H groups in total. The summed E-state index contributed by atoms with van der Waals surface area (Å²) in [6.07, 6.45) is -0.480. The van der Waals surface area contributed by atoms with Crippen molar-refractivity contribution in [2.45, 2.75) is 13.5 Å². The SMILES string of the molecule is CCOC(=O)NCc1nc(-c2ccc(O)c(O)c2)cs1. The Hall–Kier alpha value is -2.28. The molecule has 0 atom stereocenters. The number of nitrogens with one attached hydrogen (secondary N) is 1. The van der Waals surface area contributed by atoms with Gasteiger partial charge in [0.1, 0.15) is 5.01 Å². The third kappa shape index (κ3) is 3.39. The molecule has 1 heterocycles. The minimum absolute atomic E-state index is 0.173. The highest BCUT2D eigenvalue weighted by atomic mass is 32.1. The van der Waals surface area contributed by atoms with Gasteiger partial charge in [0.25, 0.3) is 0 Å². The quantitative estimate of drug-likeness (QED) is 0.753. The molecule has 106 valence electrons. The van der Waals surface area contributed by atoms with E-state index in [4.69, 9.17) is 4.74 Å². The van der Waals surface area contributed by atoms with Crippen LogP contribution >= 0.6 is 11.3 Å². The van der Waals surface area contributed by atoms with Gasteiger partial charge in [-0.2, -0.15) is 0 Å². The number of ether oxygens (including phenoxy) is 1. The number of aromatic hydroxyl groups is 2. The maximum absolute atomic E-state index is 11.2. The summed E-state index contributed by atoms with van der Waals surface area (Å²) in [7, 11) is 0. The number of phenolic OH excluding ortho intramolecular Hbond substituents is 2. The van der Waals surface area contributed by atoms with Crippen LogP contribution in [0.2, 0.25) is 0 Å². The number of thiazole rings is 1. The number of nitrogens with zero attached hydrogens (tertiary/aromatic N) is 1. The molecule has 0 radical (unpaired) electrons. The van der Waals surface area contributed by atoms with Crippen LogP contribution in [0, 0.1) is 0 Å². The molecule has 6 nitrogen and oxygen atoms in total. The van der Waals surface area contributed by atoms with E-state index in [9.17, 15) is 15.0 Å². The average Bonchev–Trinajstić information content (AvgIpc) is 2.89. The molecule has 1 aromatic carbocycles. The number of aromatic nitrogens is 1. The van der Waals surface area contributed by atoms with E-state index in [0.29, 0.717) is 17.9 Å². The van der Waals surface area contributed by atoms with Gasteiger partial charge in [-0.15, -0.1) is 11.3 Å². The van der Waals surface area contributed by atoms with Crippen molar-refractivity contribution in [2.75, 3.05) is 6.61 Å². The first kappa shape index (κ1) is 14.1. The molecular formula is C13H14N2O4S. The largest absolute Gasteiger partial charge is 0.504 e. The summed E-state index contributed by atoms with van der Waals surface area (Å²) in [6, 6.07) is 4.50. The molecule has 0 saturated carbocycles. The highest BCUT2D eigenvalue weighted by Gasteiger charge is 2.08. The third-order valence-corrected chi connectivity index (χ3v) is 3.33. The molecule has 2 rings (SSSR count). The molecule has 2 aromatic rings. The van der Waals surface area contributed by atoms with E-state index in [0.717, 1.165) is 5.01 Å². The zero-order valence-electron chi connectivity index (χ0n) is 10.8. The van der Waals surface area contributed by atoms with Crippen LogP contribution in [-0.2, 0) is 11.3 Å². The molecule has 1 amide bonds. The maximum Gasteiger partial charge on any atom is 0.407 e. The van der Waals surface area contributed by atoms with Crippen molar-refractivity contribution < 1.29 is 19.7 Å². The first-order valence-electron chi connectivity index (χ1n) is 5.97. The molecule has 1 aromatic heterocycles. The summed E-state index contributed by atoms with van der Waals surface area (Å²) in [4.78, 5) is 15.5. The lowest BCUT2D eigenvalue weighted by Crippen LogP contribution is -2.23. The Morgan fingerprint density at radius 1 is 1.40 bits per heavy atom. The Balaban J connectivity index is 2.05. The minimum Gasteiger partial charge on any atom is -0.504 e. The second-order valence-electron chi connectivity index (χ2n) is 3.90. The number of rotatable bonds is 4. The van der Waals surface area contributed by atoms with Crippen molar-refractivity contribution in [3.8, 4) is 22.8 Å². The highest BCUT2D eigenvalue weighted by Crippen LogP contribution is 2.30. The molecule has 7 heteroatoms. The monoisotopic (exact) mass is 294 g/mol. The van der Waals surface area contributed by atoms with Crippen molar-refractivity contribution in [3.05, 3.63) is 28.6 Å². The highest BCUT2D eigenvalue weighted by molar-refractivity contribution is 7.09. The van der Waals surface area contributed by atoms with Crippen molar-refractivity contribution in [3.63, 3.8) is 0 Å². The van der Waals surface area contributed by atoms with Crippen LogP contribution in [0.1, 0.15) is 11.9 Å². The standard InChI is InChI=1S/C13H14N2O4S/c1-2-19-13(18)14-6-12-15-9(7-20-12)8-3-4-10(16)11(17)5-8/h3-5,7,16-17H,2,6H2,1H3,(H,14,18). The number of hydrogen-bond acceptors (Lipinski definition) is 6. The van der Waals surface area contributed by atoms with Gasteiger partial charge >= 0.3 is 6.09 Å². The van der Waals surface area contributed by atoms with E-state index in [1.165, 1.54) is 23.5 Å². The van der Waals surface area contributed by atoms with Gasteiger partial charge in [0.15, 0.2) is 11.5 Å². The van der Waals surface area contributed by atoms with E-state index in [1.807, 2.05) is 5.38 Å². The Kier molecular flexibility index (Phi) is 4.41. The number of benzene rings is 1. The summed E-state index contributed by atoms with van der Waals surface area (Å²) in [5.41, 5.74) is 1.37. The van der Waals surface area contributed by atoms with Crippen LogP contribution in [-0.4, -0.2) is 27.9 Å². The lowest BCUT2D eigenvalue weighted by atomic mass is 10.1. The maximum atomic E-state index is 11.2. The smallest absolute Gasteiger partial charge is 0.407 e. The van der Waals surface area contributed by atoms with E-state index < -0.39 is 6.09 Å². The first-order chi connectivity index (χ1) is 9.60. The molecule has 0 aliphatic carbocycles. The van der Waals surface area contributed by atoms with Crippen LogP contribution in [0.25, 0.3) is 11.3 Å². The van der Waals surface area contributed by atoms with Gasteiger partial charge in [-0.05, 0) is 25.1 Å². The molecule has 0 bridgehead atoms. The lowest BCUT2D eigenvalue weighted by molar-refractivity contribution is 0.151. The van der Waals surface area contributed by atoms with Gasteiger partial charge in [-0.3, -0.25) is 0 Å². The summed E-state index contributed by atoms with van der Waals surface area (Å²) >= 11 is 1.39. The van der Waals surface area contributed by atoms with E-state index in [1.54, 1.807) is 13.0 Å². The fourth-order valence-corrected chi connectivity index (χ4v) is 2.28. The molecule has 0 unspecified atom stereocenters. The van der Waals surface area contributed by atoms with E-state index in [-0.39, 0.29) is 18.0 Å². The predicted molar refractivity (Wildman–Crippen MR) is 74.7 cm³/mol. The fourth-order valence-electron chi connectivity index (χ4n) is 1.54. The molecule has 20 heavy (non-hydrogen) atoms. The molecule has 0 aliphatic heterocycles. The minimum atomic E-state index is -0.480. The van der Waals surface area contributed by atoms with Gasteiger partial charge in [-0.25, -0.2) is 9.78 Å². The molecular weight excluding hydrogens is 280 g/mol. The molecule has 0 aliphatic rings. The Morgan fingerprint density at radius 3 is 2.90 bits per heavy atom. The number of alkyl carbamates (subject to hydrolysis) is 1. The van der Waals surface area contributed by atoms with Crippen molar-refractivity contribution in [2.24, 2.45) is 0 Å². The Morgan fingerprint density at radius 2 is 2.20 bits per heavy atom. The van der Waals surface area contributed by atoms with Crippen molar-refractivity contribution in [1.82, 2.24) is 10.3 Å². The van der Waals surface area contributed by atoms with Crippen LogP contribution in [0.15, 0.2) is 23.6 Å². The molecule has 0 fully saturated rings. The van der Waals surface area contributed by atoms with Gasteiger partial charge in [0, 0.05) is 10.9 Å². The summed E-state index contributed by atoms with van der Waals surface area (Å²) in [6.45, 7) is 2.34. The topological polar surface area (TPSA) is 91.7 Å². The zero-order valence-corrected chi connectivity index (χ0v) is 11.6. The van der Waals surface area contributed by atoms with Crippen molar-refractivity contribution in [1.29, 1.82) is 0 Å². The predicted octanol–water partition coefficient (Wildman–Crippen LogP) is 2.47. The number of carbonyl (C=O) groups excluding carboxylic acids is 1. The Bertz CT molecular complexity index is 612. The zero-order chi connectivity index (χ0) is 14.5.